The molecule has 0 bridgehead atoms. The summed E-state index contributed by atoms with van der Waals surface area (Å²) in [5.41, 5.74) is 0. The number of hydrogen-bond donors (Lipinski definition) is 0. The van der Waals surface area contributed by atoms with Crippen LogP contribution in [-0.4, -0.2) is 33.2 Å². The first-order valence-electron chi connectivity index (χ1n) is 7.96. The molecule has 0 saturated carbocycles. The maximum Gasteiger partial charge on any atom is 0.282 e. The molecule has 0 aromatic carbocycles. The Morgan fingerprint density at radius 2 is 0.950 bits per heavy atom. The molecule has 0 fully saturated rings. The Hall–Kier alpha value is 0.170. The van der Waals surface area contributed by atoms with Crippen LogP contribution in [-0.2, 0) is 14.2 Å². The third kappa shape index (κ3) is 9.98. The topological polar surface area (TPSA) is 27.7 Å². The van der Waals surface area contributed by atoms with Crippen LogP contribution < -0.4 is 0 Å². The van der Waals surface area contributed by atoms with Crippen LogP contribution in [0.15, 0.2) is 0 Å². The van der Waals surface area contributed by atoms with Crippen LogP contribution in [0.5, 0.6) is 0 Å². The molecule has 0 heterocycles. The molecule has 0 saturated heterocycles. The van der Waals surface area contributed by atoms with Gasteiger partial charge >= 0.3 is 0 Å². The minimum absolute atomic E-state index is 0.787. The molecule has 0 aromatic rings. The standard InChI is InChI=1S/C16H33ClO3/c1-18-16(19-2,20-3)14-12-10-8-6-4-5-7-9-11-13-15-17/h4-15H2,1-3H3. The Balaban J connectivity index is 3.32. The van der Waals surface area contributed by atoms with Crippen molar-refractivity contribution in [2.24, 2.45) is 0 Å². The van der Waals surface area contributed by atoms with E-state index in [-0.39, 0.29) is 0 Å². The van der Waals surface area contributed by atoms with Gasteiger partial charge in [-0.3, -0.25) is 0 Å². The van der Waals surface area contributed by atoms with Gasteiger partial charge in [0.2, 0.25) is 0 Å². The predicted molar refractivity (Wildman–Crippen MR) is 85.3 cm³/mol. The summed E-state index contributed by atoms with van der Waals surface area (Å²) in [5.74, 6) is -0.0334. The molecule has 0 rings (SSSR count). The monoisotopic (exact) mass is 308 g/mol. The average Bonchev–Trinajstić information content (AvgIpc) is 2.49. The summed E-state index contributed by atoms with van der Waals surface area (Å²) >= 11 is 5.65. The lowest BCUT2D eigenvalue weighted by molar-refractivity contribution is -0.355. The van der Waals surface area contributed by atoms with Crippen LogP contribution in [0, 0.1) is 0 Å². The molecular weight excluding hydrogens is 276 g/mol. The third-order valence-corrected chi connectivity index (χ3v) is 4.07. The molecule has 0 spiro atoms. The van der Waals surface area contributed by atoms with Crippen molar-refractivity contribution in [3.63, 3.8) is 0 Å². The van der Waals surface area contributed by atoms with E-state index < -0.39 is 5.97 Å². The van der Waals surface area contributed by atoms with Crippen molar-refractivity contribution in [1.82, 2.24) is 0 Å². The lowest BCUT2D eigenvalue weighted by Crippen LogP contribution is -2.35. The molecule has 0 aliphatic carbocycles. The first-order chi connectivity index (χ1) is 9.74. The molecule has 0 unspecified atom stereocenters. The maximum absolute atomic E-state index is 5.65. The molecule has 4 heteroatoms. The summed E-state index contributed by atoms with van der Waals surface area (Å²) in [4.78, 5) is 0. The van der Waals surface area contributed by atoms with Gasteiger partial charge in [0.25, 0.3) is 5.97 Å². The summed E-state index contributed by atoms with van der Waals surface area (Å²) in [6.45, 7) is 0. The fourth-order valence-corrected chi connectivity index (χ4v) is 2.60. The molecule has 0 N–H and O–H groups in total. The smallest absolute Gasteiger partial charge is 0.282 e. The van der Waals surface area contributed by atoms with E-state index in [1.54, 1.807) is 21.3 Å². The van der Waals surface area contributed by atoms with Crippen LogP contribution in [0.25, 0.3) is 0 Å². The van der Waals surface area contributed by atoms with Crippen molar-refractivity contribution >= 4 is 11.6 Å². The minimum atomic E-state index is -0.845. The molecule has 20 heavy (non-hydrogen) atoms. The second-order valence-electron chi connectivity index (χ2n) is 5.27. The van der Waals surface area contributed by atoms with Crippen molar-refractivity contribution in [2.75, 3.05) is 27.2 Å². The zero-order valence-electron chi connectivity index (χ0n) is 13.6. The van der Waals surface area contributed by atoms with Gasteiger partial charge in [0.15, 0.2) is 0 Å². The Bertz CT molecular complexity index is 188. The van der Waals surface area contributed by atoms with Gasteiger partial charge in [-0.2, -0.15) is 0 Å². The lowest BCUT2D eigenvalue weighted by Gasteiger charge is -2.28. The number of methoxy groups -OCH3 is 3. The van der Waals surface area contributed by atoms with Gasteiger partial charge in [0, 0.05) is 33.6 Å². The molecule has 0 aliphatic rings. The van der Waals surface area contributed by atoms with Crippen LogP contribution in [0.4, 0.5) is 0 Å². The summed E-state index contributed by atoms with van der Waals surface area (Å²) in [6, 6.07) is 0. The summed E-state index contributed by atoms with van der Waals surface area (Å²) in [5, 5.41) is 0. The fraction of sp³-hybridized carbons (Fsp3) is 1.00. The van der Waals surface area contributed by atoms with Gasteiger partial charge in [0.05, 0.1) is 0 Å². The Labute approximate surface area is 130 Å². The van der Waals surface area contributed by atoms with Crippen LogP contribution in [0.2, 0.25) is 0 Å². The normalized spacial score (nSPS) is 12.0. The first kappa shape index (κ1) is 20.2. The van der Waals surface area contributed by atoms with Gasteiger partial charge in [-0.15, -0.1) is 11.6 Å². The zero-order chi connectivity index (χ0) is 15.1. The average molecular weight is 309 g/mol. The van der Waals surface area contributed by atoms with E-state index in [0.717, 1.165) is 18.7 Å². The number of rotatable bonds is 15. The molecular formula is C16H33ClO3. The third-order valence-electron chi connectivity index (χ3n) is 3.80. The van der Waals surface area contributed by atoms with Crippen molar-refractivity contribution in [1.29, 1.82) is 0 Å². The lowest BCUT2D eigenvalue weighted by atomic mass is 10.1. The number of unbranched alkanes of at least 4 members (excludes halogenated alkanes) is 9. The highest BCUT2D eigenvalue weighted by Crippen LogP contribution is 2.21. The van der Waals surface area contributed by atoms with Gasteiger partial charge in [0.1, 0.15) is 0 Å². The fourth-order valence-electron chi connectivity index (χ4n) is 2.41. The summed E-state index contributed by atoms with van der Waals surface area (Å²) < 4.78 is 15.8. The van der Waals surface area contributed by atoms with Gasteiger partial charge in [-0.25, -0.2) is 0 Å². The Morgan fingerprint density at radius 1 is 0.600 bits per heavy atom. The highest BCUT2D eigenvalue weighted by Gasteiger charge is 2.28. The van der Waals surface area contributed by atoms with Crippen LogP contribution in [0.3, 0.4) is 0 Å². The van der Waals surface area contributed by atoms with E-state index >= 15 is 0 Å². The van der Waals surface area contributed by atoms with Crippen LogP contribution in [0.1, 0.15) is 70.6 Å². The summed E-state index contributed by atoms with van der Waals surface area (Å²) in [6.07, 6.45) is 13.6. The van der Waals surface area contributed by atoms with Crippen molar-refractivity contribution in [2.45, 2.75) is 76.6 Å². The van der Waals surface area contributed by atoms with E-state index in [0.29, 0.717) is 0 Å². The van der Waals surface area contributed by atoms with E-state index in [4.69, 9.17) is 25.8 Å². The quantitative estimate of drug-likeness (QED) is 0.239. The van der Waals surface area contributed by atoms with E-state index in [1.807, 2.05) is 0 Å². The molecule has 0 aromatic heterocycles. The van der Waals surface area contributed by atoms with Crippen molar-refractivity contribution < 1.29 is 14.2 Å². The van der Waals surface area contributed by atoms with Crippen LogP contribution >= 0.6 is 11.6 Å². The molecule has 0 amide bonds. The Kier molecular flexibility index (Phi) is 14.2. The zero-order valence-corrected chi connectivity index (χ0v) is 14.3. The van der Waals surface area contributed by atoms with Gasteiger partial charge in [-0.1, -0.05) is 51.4 Å². The second-order valence-corrected chi connectivity index (χ2v) is 5.65. The maximum atomic E-state index is 5.65. The first-order valence-corrected chi connectivity index (χ1v) is 8.49. The number of hydrogen-bond acceptors (Lipinski definition) is 3. The molecule has 0 atom stereocenters. The van der Waals surface area contributed by atoms with E-state index in [9.17, 15) is 0 Å². The summed E-state index contributed by atoms with van der Waals surface area (Å²) in [7, 11) is 4.87. The van der Waals surface area contributed by atoms with Crippen molar-refractivity contribution in [3.8, 4) is 0 Å². The molecule has 122 valence electrons. The number of ether oxygens (including phenoxy) is 3. The minimum Gasteiger partial charge on any atom is -0.331 e. The van der Waals surface area contributed by atoms with Gasteiger partial charge < -0.3 is 14.2 Å². The molecule has 3 nitrogen and oxygen atoms in total. The van der Waals surface area contributed by atoms with Gasteiger partial charge in [-0.05, 0) is 12.8 Å². The van der Waals surface area contributed by atoms with E-state index in [1.165, 1.54) is 57.8 Å². The Morgan fingerprint density at radius 3 is 1.30 bits per heavy atom. The van der Waals surface area contributed by atoms with E-state index in [2.05, 4.69) is 0 Å². The highest BCUT2D eigenvalue weighted by molar-refractivity contribution is 6.17. The number of alkyl halides is 1. The molecule has 0 radical (unpaired) electrons. The SMILES string of the molecule is COC(CCCCCCCCCCCCCl)(OC)OC. The largest absolute Gasteiger partial charge is 0.331 e. The predicted octanol–water partition coefficient (Wildman–Crippen LogP) is 5.11. The highest BCUT2D eigenvalue weighted by atomic mass is 35.5. The molecule has 0 aliphatic heterocycles. The second kappa shape index (κ2) is 14.1. The van der Waals surface area contributed by atoms with Crippen molar-refractivity contribution in [3.05, 3.63) is 0 Å². The number of halogens is 1.